The van der Waals surface area contributed by atoms with E-state index in [1.54, 1.807) is 23.9 Å². The van der Waals surface area contributed by atoms with Gasteiger partial charge in [-0.15, -0.1) is 0 Å². The highest BCUT2D eigenvalue weighted by molar-refractivity contribution is 6.37. The quantitative estimate of drug-likeness (QED) is 0.735. The van der Waals surface area contributed by atoms with E-state index in [1.807, 2.05) is 19.1 Å². The minimum atomic E-state index is -0.0763. The van der Waals surface area contributed by atoms with Gasteiger partial charge < -0.3 is 4.57 Å². The molecule has 108 valence electrons. The lowest BCUT2D eigenvalue weighted by atomic mass is 9.93. The van der Waals surface area contributed by atoms with Gasteiger partial charge in [-0.25, -0.2) is 4.98 Å². The summed E-state index contributed by atoms with van der Waals surface area (Å²) in [6.45, 7) is 2.02. The van der Waals surface area contributed by atoms with Gasteiger partial charge in [0, 0.05) is 34.8 Å². The van der Waals surface area contributed by atoms with Gasteiger partial charge in [0.15, 0.2) is 0 Å². The maximum absolute atomic E-state index is 12.7. The number of pyridine rings is 2. The van der Waals surface area contributed by atoms with E-state index in [4.69, 9.17) is 23.2 Å². The molecule has 0 radical (unpaired) electrons. The first-order chi connectivity index (χ1) is 9.99. The topological polar surface area (TPSA) is 34.9 Å². The van der Waals surface area contributed by atoms with E-state index in [1.165, 1.54) is 0 Å². The lowest BCUT2D eigenvalue weighted by Gasteiger charge is -2.17. The largest absolute Gasteiger partial charge is 0.311 e. The van der Waals surface area contributed by atoms with E-state index < -0.39 is 0 Å². The first kappa shape index (κ1) is 14.4. The summed E-state index contributed by atoms with van der Waals surface area (Å²) in [4.78, 5) is 16.8. The molecule has 21 heavy (non-hydrogen) atoms. The number of hydrogen-bond donors (Lipinski definition) is 0. The number of fused-ring (bicyclic) bond motifs is 1. The van der Waals surface area contributed by atoms with E-state index >= 15 is 0 Å². The fraction of sp³-hybridized carbons (Fsp3) is 0.250. The van der Waals surface area contributed by atoms with Gasteiger partial charge in [0.05, 0.1) is 5.52 Å². The zero-order valence-corrected chi connectivity index (χ0v) is 13.3. The van der Waals surface area contributed by atoms with Crippen molar-refractivity contribution in [2.75, 3.05) is 0 Å². The standard InChI is InChI=1S/C16H14Cl2N2O/c1-9-4-3-5-12(17)15(9)11-6-10-8-19-14(18)7-13(10)20(2)16(11)21/h5-8H,3-4H2,1-2H3. The number of hydrogen-bond acceptors (Lipinski definition) is 2. The Balaban J connectivity index is 2.35. The SMILES string of the molecule is CC1=C(c2cc3cnc(Cl)cc3n(C)c2=O)C(Cl)=CCC1. The fourth-order valence-corrected chi connectivity index (χ4v) is 3.25. The van der Waals surface area contributed by atoms with Gasteiger partial charge in [-0.05, 0) is 31.9 Å². The summed E-state index contributed by atoms with van der Waals surface area (Å²) in [6, 6.07) is 3.54. The van der Waals surface area contributed by atoms with Crippen LogP contribution in [-0.4, -0.2) is 9.55 Å². The van der Waals surface area contributed by atoms with Gasteiger partial charge in [0.25, 0.3) is 5.56 Å². The van der Waals surface area contributed by atoms with E-state index in [-0.39, 0.29) is 5.56 Å². The van der Waals surface area contributed by atoms with Gasteiger partial charge in [0.1, 0.15) is 5.15 Å². The van der Waals surface area contributed by atoms with E-state index in [0.717, 1.165) is 34.9 Å². The van der Waals surface area contributed by atoms with Crippen molar-refractivity contribution in [3.8, 4) is 0 Å². The Morgan fingerprint density at radius 1 is 1.29 bits per heavy atom. The third kappa shape index (κ3) is 2.41. The van der Waals surface area contributed by atoms with Crippen molar-refractivity contribution in [2.45, 2.75) is 19.8 Å². The Bertz CT molecular complexity index is 862. The van der Waals surface area contributed by atoms with E-state index in [2.05, 4.69) is 4.98 Å². The van der Waals surface area contributed by atoms with E-state index in [9.17, 15) is 4.79 Å². The minimum absolute atomic E-state index is 0.0763. The van der Waals surface area contributed by atoms with Crippen LogP contribution in [-0.2, 0) is 7.05 Å². The molecule has 2 aromatic rings. The van der Waals surface area contributed by atoms with E-state index in [0.29, 0.717) is 15.7 Å². The molecule has 2 heterocycles. The predicted molar refractivity (Wildman–Crippen MR) is 87.8 cm³/mol. The molecule has 0 unspecified atom stereocenters. The predicted octanol–water partition coefficient (Wildman–Crippen LogP) is 4.28. The monoisotopic (exact) mass is 320 g/mol. The van der Waals surface area contributed by atoms with Gasteiger partial charge in [0.2, 0.25) is 0 Å². The number of halogens is 2. The number of rotatable bonds is 1. The summed E-state index contributed by atoms with van der Waals surface area (Å²) in [5.41, 5.74) is 3.29. The molecule has 0 atom stereocenters. The molecule has 0 bridgehead atoms. The molecule has 0 spiro atoms. The average Bonchev–Trinajstić information content (AvgIpc) is 2.44. The molecule has 0 aliphatic heterocycles. The third-order valence-electron chi connectivity index (χ3n) is 3.85. The molecule has 0 saturated heterocycles. The highest BCUT2D eigenvalue weighted by Gasteiger charge is 2.18. The Morgan fingerprint density at radius 2 is 2.05 bits per heavy atom. The van der Waals surface area contributed by atoms with Crippen LogP contribution in [0.25, 0.3) is 16.5 Å². The second-order valence-corrected chi connectivity index (χ2v) is 6.03. The highest BCUT2D eigenvalue weighted by atomic mass is 35.5. The highest BCUT2D eigenvalue weighted by Crippen LogP contribution is 2.34. The molecular weight excluding hydrogens is 307 g/mol. The molecule has 5 heteroatoms. The number of aryl methyl sites for hydroxylation is 1. The molecule has 1 aliphatic rings. The Labute approximate surface area is 132 Å². The van der Waals surface area contributed by atoms with Crippen LogP contribution < -0.4 is 5.56 Å². The second-order valence-electron chi connectivity index (χ2n) is 5.23. The average molecular weight is 321 g/mol. The summed E-state index contributed by atoms with van der Waals surface area (Å²) in [6.07, 6.45) is 5.48. The number of aromatic nitrogens is 2. The summed E-state index contributed by atoms with van der Waals surface area (Å²) in [5.74, 6) is 0. The van der Waals surface area contributed by atoms with Crippen molar-refractivity contribution in [2.24, 2.45) is 7.05 Å². The molecule has 3 nitrogen and oxygen atoms in total. The van der Waals surface area contributed by atoms with Crippen molar-refractivity contribution in [3.63, 3.8) is 0 Å². The summed E-state index contributed by atoms with van der Waals surface area (Å²) >= 11 is 12.2. The lowest BCUT2D eigenvalue weighted by Crippen LogP contribution is -2.22. The van der Waals surface area contributed by atoms with Gasteiger partial charge in [-0.1, -0.05) is 34.9 Å². The summed E-state index contributed by atoms with van der Waals surface area (Å²) in [7, 11) is 1.74. The molecule has 1 aliphatic carbocycles. The molecule has 2 aromatic heterocycles. The molecular formula is C16H14Cl2N2O. The third-order valence-corrected chi connectivity index (χ3v) is 4.40. The molecule has 3 rings (SSSR count). The lowest BCUT2D eigenvalue weighted by molar-refractivity contribution is 0.896. The molecule has 0 N–H and O–H groups in total. The van der Waals surface area contributed by atoms with Gasteiger partial charge >= 0.3 is 0 Å². The normalized spacial score (nSPS) is 15.5. The van der Waals surface area contributed by atoms with Gasteiger partial charge in [-0.3, -0.25) is 4.79 Å². The summed E-state index contributed by atoms with van der Waals surface area (Å²) in [5, 5.41) is 1.89. The van der Waals surface area contributed by atoms with Crippen molar-refractivity contribution in [1.82, 2.24) is 9.55 Å². The van der Waals surface area contributed by atoms with Gasteiger partial charge in [-0.2, -0.15) is 0 Å². The Hall–Kier alpha value is -1.58. The molecule has 0 saturated carbocycles. The Kier molecular flexibility index (Phi) is 3.64. The zero-order valence-electron chi connectivity index (χ0n) is 11.8. The van der Waals surface area contributed by atoms with Crippen LogP contribution >= 0.6 is 23.2 Å². The van der Waals surface area contributed by atoms with Crippen LogP contribution in [0.3, 0.4) is 0 Å². The zero-order chi connectivity index (χ0) is 15.1. The van der Waals surface area contributed by atoms with Crippen molar-refractivity contribution >= 4 is 39.7 Å². The maximum Gasteiger partial charge on any atom is 0.258 e. The molecule has 0 fully saturated rings. The number of nitrogens with zero attached hydrogens (tertiary/aromatic N) is 2. The smallest absolute Gasteiger partial charge is 0.258 e. The van der Waals surface area contributed by atoms with Crippen LogP contribution in [0.15, 0.2) is 39.8 Å². The van der Waals surface area contributed by atoms with Crippen LogP contribution in [0.4, 0.5) is 0 Å². The first-order valence-electron chi connectivity index (χ1n) is 6.70. The van der Waals surface area contributed by atoms with Crippen molar-refractivity contribution < 1.29 is 0 Å². The van der Waals surface area contributed by atoms with Crippen molar-refractivity contribution in [3.05, 3.63) is 56.1 Å². The molecule has 0 amide bonds. The molecule has 0 aromatic carbocycles. The Morgan fingerprint density at radius 3 is 2.76 bits per heavy atom. The van der Waals surface area contributed by atoms with Crippen LogP contribution in [0.1, 0.15) is 25.3 Å². The fourth-order valence-electron chi connectivity index (χ4n) is 2.72. The van der Waals surface area contributed by atoms with Crippen molar-refractivity contribution in [1.29, 1.82) is 0 Å². The number of allylic oxidation sites excluding steroid dienone is 4. The van der Waals surface area contributed by atoms with Crippen LogP contribution in [0, 0.1) is 0 Å². The second kappa shape index (κ2) is 5.32. The minimum Gasteiger partial charge on any atom is -0.311 e. The first-order valence-corrected chi connectivity index (χ1v) is 7.46. The van der Waals surface area contributed by atoms with Crippen LogP contribution in [0.5, 0.6) is 0 Å². The maximum atomic E-state index is 12.7. The van der Waals surface area contributed by atoms with Crippen LogP contribution in [0.2, 0.25) is 5.15 Å². The summed E-state index contributed by atoms with van der Waals surface area (Å²) < 4.78 is 1.59.